The second-order valence-corrected chi connectivity index (χ2v) is 6.33. The van der Waals surface area contributed by atoms with Crippen LogP contribution in [-0.2, 0) is 10.0 Å². The molecule has 0 aromatic carbocycles. The number of aromatic carboxylic acids is 1. The van der Waals surface area contributed by atoms with Crippen molar-refractivity contribution < 1.29 is 18.3 Å². The van der Waals surface area contributed by atoms with Gasteiger partial charge in [0, 0.05) is 19.2 Å². The third-order valence-corrected chi connectivity index (χ3v) is 4.92. The number of hydrogen-bond donors (Lipinski definition) is 2. The monoisotopic (exact) mass is 285 g/mol. The van der Waals surface area contributed by atoms with Crippen LogP contribution in [0, 0.1) is 5.92 Å². The zero-order valence-electron chi connectivity index (χ0n) is 10.2. The highest BCUT2D eigenvalue weighted by Gasteiger charge is 2.31. The molecule has 2 rings (SSSR count). The summed E-state index contributed by atoms with van der Waals surface area (Å²) in [6, 6.07) is 1.04. The van der Waals surface area contributed by atoms with E-state index in [-0.39, 0.29) is 16.6 Å². The van der Waals surface area contributed by atoms with Crippen LogP contribution in [0.25, 0.3) is 0 Å². The molecule has 2 heterocycles. The Bertz CT molecular complexity index is 593. The number of sulfonamides is 1. The summed E-state index contributed by atoms with van der Waals surface area (Å²) >= 11 is 0. The summed E-state index contributed by atoms with van der Waals surface area (Å²) < 4.78 is 26.0. The minimum absolute atomic E-state index is 0.130. The minimum atomic E-state index is -3.71. The van der Waals surface area contributed by atoms with E-state index in [0.717, 1.165) is 18.9 Å². The maximum Gasteiger partial charge on any atom is 0.356 e. The van der Waals surface area contributed by atoms with Gasteiger partial charge >= 0.3 is 5.97 Å². The van der Waals surface area contributed by atoms with E-state index in [1.165, 1.54) is 4.31 Å². The molecule has 19 heavy (non-hydrogen) atoms. The largest absolute Gasteiger partial charge is 0.476 e. The van der Waals surface area contributed by atoms with Crippen molar-refractivity contribution in [3.05, 3.63) is 24.4 Å². The van der Waals surface area contributed by atoms with Crippen LogP contribution in [0.2, 0.25) is 0 Å². The van der Waals surface area contributed by atoms with Crippen LogP contribution in [0.15, 0.2) is 23.7 Å². The quantitative estimate of drug-likeness (QED) is 0.792. The van der Waals surface area contributed by atoms with E-state index in [1.807, 2.05) is 0 Å². The number of aromatic nitrogens is 2. The van der Waals surface area contributed by atoms with E-state index in [1.54, 1.807) is 6.08 Å². The average Bonchev–Trinajstić information content (AvgIpc) is 2.89. The van der Waals surface area contributed by atoms with Gasteiger partial charge in [-0.15, -0.1) is 6.58 Å². The molecule has 1 fully saturated rings. The number of hydrogen-bond acceptors (Lipinski definition) is 4. The lowest BCUT2D eigenvalue weighted by Crippen LogP contribution is -2.39. The predicted molar refractivity (Wildman–Crippen MR) is 67.2 cm³/mol. The smallest absolute Gasteiger partial charge is 0.356 e. The van der Waals surface area contributed by atoms with Crippen LogP contribution in [0.3, 0.4) is 0 Å². The molecule has 0 amide bonds. The number of carboxylic acid groups (broad SMARTS) is 1. The number of carbonyl (C=O) groups is 1. The molecule has 1 saturated heterocycles. The van der Waals surface area contributed by atoms with E-state index < -0.39 is 16.0 Å². The van der Waals surface area contributed by atoms with Gasteiger partial charge in [-0.25, -0.2) is 13.2 Å². The molecule has 0 aliphatic carbocycles. The van der Waals surface area contributed by atoms with Crippen LogP contribution < -0.4 is 0 Å². The molecule has 0 saturated carbocycles. The van der Waals surface area contributed by atoms with Crippen molar-refractivity contribution in [3.63, 3.8) is 0 Å². The molecular weight excluding hydrogens is 270 g/mol. The first-order valence-corrected chi connectivity index (χ1v) is 7.30. The lowest BCUT2D eigenvalue weighted by atomic mass is 10.0. The van der Waals surface area contributed by atoms with Crippen LogP contribution in [-0.4, -0.2) is 47.1 Å². The first-order valence-electron chi connectivity index (χ1n) is 5.86. The number of piperidine rings is 1. The van der Waals surface area contributed by atoms with E-state index in [2.05, 4.69) is 16.8 Å². The van der Waals surface area contributed by atoms with Crippen molar-refractivity contribution in [3.8, 4) is 0 Å². The number of nitrogens with one attached hydrogen (secondary N) is 1. The van der Waals surface area contributed by atoms with Crippen molar-refractivity contribution in [2.75, 3.05) is 13.1 Å². The molecule has 1 aliphatic rings. The Kier molecular flexibility index (Phi) is 3.72. The van der Waals surface area contributed by atoms with E-state index in [4.69, 9.17) is 5.11 Å². The summed E-state index contributed by atoms with van der Waals surface area (Å²) in [5.74, 6) is -1.13. The minimum Gasteiger partial charge on any atom is -0.476 e. The van der Waals surface area contributed by atoms with Gasteiger partial charge in [0.15, 0.2) is 10.7 Å². The summed E-state index contributed by atoms with van der Waals surface area (Å²) in [6.45, 7) is 4.47. The standard InChI is InChI=1S/C11H15N3O4S/c1-2-8-4-3-5-14(7-8)19(17,18)10-6-9(11(15)16)12-13-10/h2,6,8H,1,3-5,7H2,(H,12,13)(H,15,16). The van der Waals surface area contributed by atoms with Gasteiger partial charge < -0.3 is 5.11 Å². The van der Waals surface area contributed by atoms with Gasteiger partial charge in [0.2, 0.25) is 0 Å². The fraction of sp³-hybridized carbons (Fsp3) is 0.455. The van der Waals surface area contributed by atoms with Crippen LogP contribution >= 0.6 is 0 Å². The zero-order chi connectivity index (χ0) is 14.0. The molecule has 8 heteroatoms. The molecule has 2 N–H and O–H groups in total. The molecular formula is C11H15N3O4S. The van der Waals surface area contributed by atoms with Crippen molar-refractivity contribution in [1.29, 1.82) is 0 Å². The number of H-pyrrole nitrogens is 1. The van der Waals surface area contributed by atoms with Gasteiger partial charge in [0.1, 0.15) is 0 Å². The molecule has 1 aromatic rings. The van der Waals surface area contributed by atoms with Crippen molar-refractivity contribution in [2.45, 2.75) is 17.9 Å². The molecule has 0 radical (unpaired) electrons. The highest BCUT2D eigenvalue weighted by atomic mass is 32.2. The first kappa shape index (κ1) is 13.8. The second-order valence-electron chi connectivity index (χ2n) is 4.42. The summed E-state index contributed by atoms with van der Waals surface area (Å²) in [4.78, 5) is 10.7. The predicted octanol–water partition coefficient (Wildman–Crippen LogP) is 0.695. The van der Waals surface area contributed by atoms with E-state index >= 15 is 0 Å². The fourth-order valence-corrected chi connectivity index (χ4v) is 3.53. The number of carboxylic acids is 1. The van der Waals surface area contributed by atoms with Crippen molar-refractivity contribution in [1.82, 2.24) is 14.5 Å². The third kappa shape index (κ3) is 2.69. The van der Waals surface area contributed by atoms with Crippen LogP contribution in [0.1, 0.15) is 23.3 Å². The van der Waals surface area contributed by atoms with Crippen LogP contribution in [0.5, 0.6) is 0 Å². The van der Waals surface area contributed by atoms with Gasteiger partial charge in [0.05, 0.1) is 0 Å². The number of aromatic amines is 1. The van der Waals surface area contributed by atoms with Gasteiger partial charge in [-0.3, -0.25) is 5.10 Å². The highest BCUT2D eigenvalue weighted by molar-refractivity contribution is 7.89. The molecule has 0 spiro atoms. The van der Waals surface area contributed by atoms with Gasteiger partial charge in [-0.2, -0.15) is 9.40 Å². The fourth-order valence-electron chi connectivity index (χ4n) is 2.07. The lowest BCUT2D eigenvalue weighted by Gasteiger charge is -2.29. The Morgan fingerprint density at radius 3 is 2.95 bits per heavy atom. The topological polar surface area (TPSA) is 103 Å². The van der Waals surface area contributed by atoms with E-state index in [9.17, 15) is 13.2 Å². The van der Waals surface area contributed by atoms with Gasteiger partial charge in [-0.05, 0) is 18.8 Å². The lowest BCUT2D eigenvalue weighted by molar-refractivity contribution is 0.0690. The summed E-state index contributed by atoms with van der Waals surface area (Å²) in [7, 11) is -3.71. The number of rotatable bonds is 4. The summed E-state index contributed by atoms with van der Waals surface area (Å²) in [5.41, 5.74) is -0.309. The Hall–Kier alpha value is -1.67. The maximum absolute atomic E-state index is 12.3. The molecule has 104 valence electrons. The molecule has 0 bridgehead atoms. The molecule has 1 atom stereocenters. The molecule has 1 aromatic heterocycles. The maximum atomic E-state index is 12.3. The Balaban J connectivity index is 2.25. The average molecular weight is 285 g/mol. The second kappa shape index (κ2) is 5.14. The van der Waals surface area contributed by atoms with Gasteiger partial charge in [0.25, 0.3) is 10.0 Å². The summed E-state index contributed by atoms with van der Waals surface area (Å²) in [5, 5.41) is 14.3. The number of nitrogens with zero attached hydrogens (tertiary/aromatic N) is 2. The third-order valence-electron chi connectivity index (χ3n) is 3.15. The van der Waals surface area contributed by atoms with Gasteiger partial charge in [-0.1, -0.05) is 6.08 Å². The normalized spacial score (nSPS) is 21.2. The van der Waals surface area contributed by atoms with Crippen molar-refractivity contribution >= 4 is 16.0 Å². The zero-order valence-corrected chi connectivity index (χ0v) is 11.1. The van der Waals surface area contributed by atoms with Crippen LogP contribution in [0.4, 0.5) is 0 Å². The Labute approximate surface area is 111 Å². The molecule has 7 nitrogen and oxygen atoms in total. The highest BCUT2D eigenvalue weighted by Crippen LogP contribution is 2.23. The molecule has 1 aliphatic heterocycles. The molecule has 1 unspecified atom stereocenters. The van der Waals surface area contributed by atoms with Crippen molar-refractivity contribution in [2.24, 2.45) is 5.92 Å². The Morgan fingerprint density at radius 2 is 2.37 bits per heavy atom. The summed E-state index contributed by atoms with van der Waals surface area (Å²) in [6.07, 6.45) is 3.42. The first-order chi connectivity index (χ1) is 8.95. The SMILES string of the molecule is C=CC1CCCN(S(=O)(=O)c2cc(C(=O)O)n[nH]2)C1. The van der Waals surface area contributed by atoms with E-state index in [0.29, 0.717) is 13.1 Å². The Morgan fingerprint density at radius 1 is 1.63 bits per heavy atom.